The molecule has 3 rings (SSSR count). The summed E-state index contributed by atoms with van der Waals surface area (Å²) in [6.07, 6.45) is 0. The lowest BCUT2D eigenvalue weighted by atomic mass is 10.1. The first-order chi connectivity index (χ1) is 15.4. The third-order valence-electron chi connectivity index (χ3n) is 5.26. The molecule has 33 heavy (non-hydrogen) atoms. The number of anilines is 1. The van der Waals surface area contributed by atoms with Gasteiger partial charge in [-0.15, -0.1) is 12.4 Å². The van der Waals surface area contributed by atoms with Gasteiger partial charge in [0.05, 0.1) is 31.5 Å². The third kappa shape index (κ3) is 6.09. The fourth-order valence-electron chi connectivity index (χ4n) is 3.43. The van der Waals surface area contributed by atoms with Gasteiger partial charge in [0.1, 0.15) is 0 Å². The van der Waals surface area contributed by atoms with E-state index in [-0.39, 0.29) is 18.3 Å². The normalized spacial score (nSPS) is 10.8. The number of hydrogen-bond donors (Lipinski definition) is 0. The molecule has 0 fully saturated rings. The molecular formula is C23H29BrClN3O4S. The Morgan fingerprint density at radius 3 is 2.18 bits per heavy atom. The van der Waals surface area contributed by atoms with Crippen LogP contribution >= 0.6 is 39.7 Å². The average molecular weight is 559 g/mol. The lowest BCUT2D eigenvalue weighted by molar-refractivity contribution is 0.0983. The number of methoxy groups -OCH3 is 3. The van der Waals surface area contributed by atoms with Crippen LogP contribution in [0.15, 0.2) is 34.8 Å². The van der Waals surface area contributed by atoms with Gasteiger partial charge in [-0.1, -0.05) is 41.1 Å². The minimum atomic E-state index is -0.172. The van der Waals surface area contributed by atoms with Gasteiger partial charge in [-0.2, -0.15) is 0 Å². The smallest absolute Gasteiger partial charge is 0.260 e. The van der Waals surface area contributed by atoms with E-state index < -0.39 is 0 Å². The second-order valence-corrected chi connectivity index (χ2v) is 8.93. The number of likely N-dealkylation sites (N-methyl/N-ethyl adjacent to an activating group) is 1. The largest absolute Gasteiger partial charge is 0.493 e. The molecule has 0 spiro atoms. The zero-order chi connectivity index (χ0) is 23.3. The standard InChI is InChI=1S/C23H28BrN3O4S.ClH/c1-6-26(7-2)10-11-27(23-25-17-9-8-16(24)14-20(17)32-23)22(28)15-12-18(29-3)21(31-5)19(13-15)30-4;/h8-9,12-14H,6-7,10-11H2,1-5H3;1H. The number of rotatable bonds is 10. The van der Waals surface area contributed by atoms with Crippen molar-refractivity contribution in [3.8, 4) is 17.2 Å². The summed E-state index contributed by atoms with van der Waals surface area (Å²) in [6, 6.07) is 9.28. The van der Waals surface area contributed by atoms with Crippen molar-refractivity contribution in [2.24, 2.45) is 0 Å². The van der Waals surface area contributed by atoms with Gasteiger partial charge in [0, 0.05) is 23.1 Å². The molecule has 2 aromatic carbocycles. The molecule has 0 saturated heterocycles. The number of hydrogen-bond acceptors (Lipinski definition) is 7. The molecule has 0 unspecified atom stereocenters. The molecule has 0 aliphatic carbocycles. The topological polar surface area (TPSA) is 64.1 Å². The summed E-state index contributed by atoms with van der Waals surface area (Å²) >= 11 is 5.01. The van der Waals surface area contributed by atoms with Gasteiger partial charge in [-0.3, -0.25) is 9.69 Å². The van der Waals surface area contributed by atoms with E-state index in [1.807, 2.05) is 18.2 Å². The number of nitrogens with zero attached hydrogens (tertiary/aromatic N) is 3. The van der Waals surface area contributed by atoms with Crippen molar-refractivity contribution in [3.05, 3.63) is 40.4 Å². The van der Waals surface area contributed by atoms with Gasteiger partial charge in [0.25, 0.3) is 5.91 Å². The quantitative estimate of drug-likeness (QED) is 0.328. The molecule has 3 aromatic rings. The van der Waals surface area contributed by atoms with Gasteiger partial charge in [-0.25, -0.2) is 4.98 Å². The first kappa shape index (κ1) is 27.2. The minimum Gasteiger partial charge on any atom is -0.493 e. The molecule has 0 aliphatic rings. The molecule has 1 aromatic heterocycles. The second kappa shape index (κ2) is 12.4. The lowest BCUT2D eigenvalue weighted by Crippen LogP contribution is -2.38. The van der Waals surface area contributed by atoms with Gasteiger partial charge >= 0.3 is 0 Å². The molecule has 0 radical (unpaired) electrons. The molecule has 10 heteroatoms. The summed E-state index contributed by atoms with van der Waals surface area (Å²) in [5.74, 6) is 1.15. The van der Waals surface area contributed by atoms with Crippen LogP contribution in [0.1, 0.15) is 24.2 Å². The van der Waals surface area contributed by atoms with Crippen molar-refractivity contribution in [2.45, 2.75) is 13.8 Å². The first-order valence-corrected chi connectivity index (χ1v) is 12.0. The lowest BCUT2D eigenvalue weighted by Gasteiger charge is -2.25. The molecule has 0 saturated carbocycles. The van der Waals surface area contributed by atoms with Crippen molar-refractivity contribution in [1.29, 1.82) is 0 Å². The van der Waals surface area contributed by atoms with E-state index in [0.717, 1.165) is 34.3 Å². The van der Waals surface area contributed by atoms with Crippen molar-refractivity contribution in [3.63, 3.8) is 0 Å². The van der Waals surface area contributed by atoms with E-state index in [1.54, 1.807) is 17.0 Å². The molecule has 7 nitrogen and oxygen atoms in total. The van der Waals surface area contributed by atoms with Crippen molar-refractivity contribution < 1.29 is 19.0 Å². The zero-order valence-corrected chi connectivity index (χ0v) is 22.6. The molecule has 0 N–H and O–H groups in total. The Hall–Kier alpha value is -2.07. The first-order valence-electron chi connectivity index (χ1n) is 10.4. The van der Waals surface area contributed by atoms with E-state index in [2.05, 4.69) is 34.7 Å². The molecule has 0 atom stereocenters. The summed E-state index contributed by atoms with van der Waals surface area (Å²) in [6.45, 7) is 7.31. The number of carbonyl (C=O) groups is 1. The maximum atomic E-state index is 13.7. The van der Waals surface area contributed by atoms with Gasteiger partial charge in [0.15, 0.2) is 16.6 Å². The Bertz CT molecular complexity index is 1070. The molecule has 0 aliphatic heterocycles. The number of fused-ring (bicyclic) bond motifs is 1. The molecular weight excluding hydrogens is 530 g/mol. The number of thiazole rings is 1. The zero-order valence-electron chi connectivity index (χ0n) is 19.4. The third-order valence-corrected chi connectivity index (χ3v) is 6.80. The van der Waals surface area contributed by atoms with Crippen LogP contribution in [0.25, 0.3) is 10.2 Å². The maximum Gasteiger partial charge on any atom is 0.260 e. The fraction of sp³-hybridized carbons (Fsp3) is 0.391. The van der Waals surface area contributed by atoms with Gasteiger partial charge in [-0.05, 0) is 43.4 Å². The van der Waals surface area contributed by atoms with E-state index in [0.29, 0.717) is 34.5 Å². The minimum absolute atomic E-state index is 0. The second-order valence-electron chi connectivity index (χ2n) is 7.01. The Balaban J connectivity index is 0.00000385. The molecule has 0 bridgehead atoms. The Morgan fingerprint density at radius 1 is 1.00 bits per heavy atom. The maximum absolute atomic E-state index is 13.7. The Labute approximate surface area is 213 Å². The van der Waals surface area contributed by atoms with Crippen LogP contribution in [0.5, 0.6) is 17.2 Å². The van der Waals surface area contributed by atoms with Crippen LogP contribution in [0.3, 0.4) is 0 Å². The van der Waals surface area contributed by atoms with Crippen LogP contribution in [-0.4, -0.2) is 63.3 Å². The monoisotopic (exact) mass is 557 g/mol. The molecule has 1 amide bonds. The molecule has 1 heterocycles. The predicted octanol–water partition coefficient (Wildman–Crippen LogP) is 5.50. The van der Waals surface area contributed by atoms with E-state index in [1.165, 1.54) is 32.7 Å². The number of amides is 1. The number of ether oxygens (including phenoxy) is 3. The van der Waals surface area contributed by atoms with Crippen LogP contribution < -0.4 is 19.1 Å². The van der Waals surface area contributed by atoms with Crippen LogP contribution in [0.4, 0.5) is 5.13 Å². The Morgan fingerprint density at radius 2 is 1.64 bits per heavy atom. The highest BCUT2D eigenvalue weighted by molar-refractivity contribution is 9.10. The van der Waals surface area contributed by atoms with E-state index in [9.17, 15) is 4.79 Å². The highest BCUT2D eigenvalue weighted by Gasteiger charge is 2.25. The number of aromatic nitrogens is 1. The van der Waals surface area contributed by atoms with E-state index in [4.69, 9.17) is 19.2 Å². The van der Waals surface area contributed by atoms with Crippen LogP contribution in [0.2, 0.25) is 0 Å². The SMILES string of the molecule is CCN(CC)CCN(C(=O)c1cc(OC)c(OC)c(OC)c1)c1nc2ccc(Br)cc2s1.Cl. The van der Waals surface area contributed by atoms with Crippen LogP contribution in [0, 0.1) is 0 Å². The summed E-state index contributed by atoms with van der Waals surface area (Å²) in [5.41, 5.74) is 1.30. The van der Waals surface area contributed by atoms with Crippen molar-refractivity contribution in [1.82, 2.24) is 9.88 Å². The number of benzene rings is 2. The summed E-state index contributed by atoms with van der Waals surface area (Å²) in [7, 11) is 4.61. The fourth-order valence-corrected chi connectivity index (χ4v) is 4.97. The summed E-state index contributed by atoms with van der Waals surface area (Å²) < 4.78 is 18.3. The average Bonchev–Trinajstić information content (AvgIpc) is 3.23. The Kier molecular flexibility index (Phi) is 10.2. The number of carbonyl (C=O) groups excluding carboxylic acids is 1. The predicted molar refractivity (Wildman–Crippen MR) is 140 cm³/mol. The summed E-state index contributed by atoms with van der Waals surface area (Å²) in [5, 5.41) is 0.656. The highest BCUT2D eigenvalue weighted by atomic mass is 79.9. The molecule has 180 valence electrons. The van der Waals surface area contributed by atoms with Gasteiger partial charge < -0.3 is 19.1 Å². The summed E-state index contributed by atoms with van der Waals surface area (Å²) in [4.78, 5) is 22.5. The van der Waals surface area contributed by atoms with Crippen LogP contribution in [-0.2, 0) is 0 Å². The van der Waals surface area contributed by atoms with Crippen molar-refractivity contribution in [2.75, 3.05) is 52.4 Å². The highest BCUT2D eigenvalue weighted by Crippen LogP contribution is 2.39. The number of halogens is 2. The van der Waals surface area contributed by atoms with E-state index >= 15 is 0 Å². The van der Waals surface area contributed by atoms with Crippen molar-refractivity contribution >= 4 is 60.9 Å². The van der Waals surface area contributed by atoms with Gasteiger partial charge in [0.2, 0.25) is 5.75 Å².